The molecule has 90 valence electrons. The zero-order chi connectivity index (χ0) is 12.8. The first-order chi connectivity index (χ1) is 8.06. The average molecular weight is 234 g/mol. The van der Waals surface area contributed by atoms with Crippen LogP contribution < -0.4 is 4.74 Å². The van der Waals surface area contributed by atoms with Crippen LogP contribution in [0.4, 0.5) is 0 Å². The van der Waals surface area contributed by atoms with Crippen LogP contribution in [0.1, 0.15) is 12.0 Å². The Labute approximate surface area is 99.5 Å². The number of ketones is 2. The Morgan fingerprint density at radius 3 is 2.76 bits per heavy atom. The Bertz CT molecular complexity index is 449. The normalized spacial score (nSPS) is 9.71. The molecular formula is C13H14O4. The fourth-order valence-electron chi connectivity index (χ4n) is 1.39. The number of phenols is 1. The van der Waals surface area contributed by atoms with E-state index in [4.69, 9.17) is 4.74 Å². The van der Waals surface area contributed by atoms with Crippen molar-refractivity contribution in [1.29, 1.82) is 0 Å². The van der Waals surface area contributed by atoms with Gasteiger partial charge in [-0.2, -0.15) is 0 Å². The van der Waals surface area contributed by atoms with Crippen molar-refractivity contribution >= 4 is 11.6 Å². The lowest BCUT2D eigenvalue weighted by atomic mass is 10.0. The number of benzene rings is 1. The van der Waals surface area contributed by atoms with Crippen LogP contribution in [0.15, 0.2) is 30.9 Å². The predicted molar refractivity (Wildman–Crippen MR) is 63.2 cm³/mol. The van der Waals surface area contributed by atoms with Crippen LogP contribution in [-0.4, -0.2) is 23.8 Å². The molecule has 0 aliphatic heterocycles. The molecule has 0 unspecified atom stereocenters. The Kier molecular flexibility index (Phi) is 4.46. The lowest BCUT2D eigenvalue weighted by molar-refractivity contribution is -0.124. The van der Waals surface area contributed by atoms with Crippen LogP contribution >= 0.6 is 0 Å². The predicted octanol–water partition coefficient (Wildman–Crippen LogP) is 1.66. The van der Waals surface area contributed by atoms with Gasteiger partial charge in [0.05, 0.1) is 13.5 Å². The number of hydrogen-bond donors (Lipinski definition) is 1. The molecule has 0 amide bonds. The molecule has 1 rings (SSSR count). The van der Waals surface area contributed by atoms with Crippen LogP contribution in [-0.2, 0) is 16.0 Å². The number of carbonyl (C=O) groups is 2. The number of methoxy groups -OCH3 is 1. The SMILES string of the molecule is C=CC(=O)CC(=O)Cc1ccc(O)c(OC)c1. The second kappa shape index (κ2) is 5.84. The van der Waals surface area contributed by atoms with Gasteiger partial charge >= 0.3 is 0 Å². The summed E-state index contributed by atoms with van der Waals surface area (Å²) in [6.45, 7) is 3.30. The third-order valence-electron chi connectivity index (χ3n) is 2.24. The van der Waals surface area contributed by atoms with Gasteiger partial charge in [-0.3, -0.25) is 9.59 Å². The fourth-order valence-corrected chi connectivity index (χ4v) is 1.39. The largest absolute Gasteiger partial charge is 0.504 e. The zero-order valence-corrected chi connectivity index (χ0v) is 9.60. The summed E-state index contributed by atoms with van der Waals surface area (Å²) in [5, 5.41) is 9.38. The van der Waals surface area contributed by atoms with E-state index >= 15 is 0 Å². The molecule has 0 bridgehead atoms. The monoisotopic (exact) mass is 234 g/mol. The third-order valence-corrected chi connectivity index (χ3v) is 2.24. The van der Waals surface area contributed by atoms with Crippen molar-refractivity contribution in [3.8, 4) is 11.5 Å². The minimum Gasteiger partial charge on any atom is -0.504 e. The highest BCUT2D eigenvalue weighted by Crippen LogP contribution is 2.26. The van der Waals surface area contributed by atoms with Crippen molar-refractivity contribution in [2.45, 2.75) is 12.8 Å². The van der Waals surface area contributed by atoms with E-state index < -0.39 is 0 Å². The Morgan fingerprint density at radius 1 is 1.47 bits per heavy atom. The number of aromatic hydroxyl groups is 1. The highest BCUT2D eigenvalue weighted by molar-refractivity contribution is 6.04. The quantitative estimate of drug-likeness (QED) is 0.600. The van der Waals surface area contributed by atoms with E-state index in [2.05, 4.69) is 6.58 Å². The van der Waals surface area contributed by atoms with Crippen LogP contribution in [0.25, 0.3) is 0 Å². The van der Waals surface area contributed by atoms with E-state index in [-0.39, 0.29) is 30.2 Å². The number of hydrogen-bond acceptors (Lipinski definition) is 4. The molecule has 0 spiro atoms. The molecule has 0 radical (unpaired) electrons. The Morgan fingerprint density at radius 2 is 2.18 bits per heavy atom. The summed E-state index contributed by atoms with van der Waals surface area (Å²) >= 11 is 0. The summed E-state index contributed by atoms with van der Waals surface area (Å²) < 4.78 is 4.93. The van der Waals surface area contributed by atoms with Gasteiger partial charge in [-0.15, -0.1) is 0 Å². The van der Waals surface area contributed by atoms with E-state index in [0.29, 0.717) is 11.3 Å². The Hall–Kier alpha value is -2.10. The molecule has 0 atom stereocenters. The molecule has 1 N–H and O–H groups in total. The number of allylic oxidation sites excluding steroid dienone is 1. The number of Topliss-reactive ketones (excluding diaryl/α,β-unsaturated/α-hetero) is 1. The van der Waals surface area contributed by atoms with Gasteiger partial charge in [0.1, 0.15) is 5.78 Å². The van der Waals surface area contributed by atoms with E-state index in [1.54, 1.807) is 12.1 Å². The second-order valence-electron chi connectivity index (χ2n) is 3.57. The first-order valence-electron chi connectivity index (χ1n) is 5.09. The van der Waals surface area contributed by atoms with Gasteiger partial charge in [-0.1, -0.05) is 12.6 Å². The van der Waals surface area contributed by atoms with Gasteiger partial charge in [0.2, 0.25) is 0 Å². The maximum absolute atomic E-state index is 11.5. The highest BCUT2D eigenvalue weighted by atomic mass is 16.5. The molecule has 0 saturated carbocycles. The molecule has 0 aliphatic rings. The molecule has 17 heavy (non-hydrogen) atoms. The molecule has 0 fully saturated rings. The van der Waals surface area contributed by atoms with Crippen molar-refractivity contribution in [3.63, 3.8) is 0 Å². The van der Waals surface area contributed by atoms with Crippen molar-refractivity contribution < 1.29 is 19.4 Å². The standard InChI is InChI=1S/C13H14O4/c1-3-10(14)8-11(15)6-9-4-5-12(16)13(7-9)17-2/h3-5,7,16H,1,6,8H2,2H3. The number of ether oxygens (including phenoxy) is 1. The molecule has 1 aromatic rings. The van der Waals surface area contributed by atoms with Gasteiger partial charge in [-0.05, 0) is 23.8 Å². The molecule has 1 aromatic carbocycles. The lowest BCUT2D eigenvalue weighted by Gasteiger charge is -2.05. The summed E-state index contributed by atoms with van der Waals surface area (Å²) in [5.74, 6) is -0.153. The minimum atomic E-state index is -0.291. The maximum atomic E-state index is 11.5. The smallest absolute Gasteiger partial charge is 0.162 e. The van der Waals surface area contributed by atoms with E-state index in [1.165, 1.54) is 13.2 Å². The highest BCUT2D eigenvalue weighted by Gasteiger charge is 2.09. The van der Waals surface area contributed by atoms with Crippen LogP contribution in [0.3, 0.4) is 0 Å². The van der Waals surface area contributed by atoms with E-state index in [9.17, 15) is 14.7 Å². The van der Waals surface area contributed by atoms with Gasteiger partial charge in [0.25, 0.3) is 0 Å². The molecule has 0 saturated heterocycles. The van der Waals surface area contributed by atoms with Crippen molar-refractivity contribution in [2.75, 3.05) is 7.11 Å². The first-order valence-corrected chi connectivity index (χ1v) is 5.09. The number of carbonyl (C=O) groups excluding carboxylic acids is 2. The summed E-state index contributed by atoms with van der Waals surface area (Å²) in [6.07, 6.45) is 1.12. The minimum absolute atomic E-state index is 0.0193. The van der Waals surface area contributed by atoms with Gasteiger partial charge in [0.15, 0.2) is 17.3 Å². The summed E-state index contributed by atoms with van der Waals surface area (Å²) in [4.78, 5) is 22.5. The lowest BCUT2D eigenvalue weighted by Crippen LogP contribution is -2.08. The first kappa shape index (κ1) is 13.0. The van der Waals surface area contributed by atoms with Gasteiger partial charge < -0.3 is 9.84 Å². The van der Waals surface area contributed by atoms with Crippen molar-refractivity contribution in [3.05, 3.63) is 36.4 Å². The molecule has 4 nitrogen and oxygen atoms in total. The van der Waals surface area contributed by atoms with Crippen molar-refractivity contribution in [2.24, 2.45) is 0 Å². The fraction of sp³-hybridized carbons (Fsp3) is 0.231. The third kappa shape index (κ3) is 3.75. The van der Waals surface area contributed by atoms with E-state index in [0.717, 1.165) is 6.08 Å². The zero-order valence-electron chi connectivity index (χ0n) is 9.60. The molecular weight excluding hydrogens is 220 g/mol. The topological polar surface area (TPSA) is 63.6 Å². The maximum Gasteiger partial charge on any atom is 0.162 e. The summed E-state index contributed by atoms with van der Waals surface area (Å²) in [5.41, 5.74) is 0.696. The van der Waals surface area contributed by atoms with Crippen molar-refractivity contribution in [1.82, 2.24) is 0 Å². The van der Waals surface area contributed by atoms with Gasteiger partial charge in [-0.25, -0.2) is 0 Å². The molecule has 0 aromatic heterocycles. The second-order valence-corrected chi connectivity index (χ2v) is 3.57. The van der Waals surface area contributed by atoms with Gasteiger partial charge in [0, 0.05) is 6.42 Å². The van der Waals surface area contributed by atoms with Crippen LogP contribution in [0.5, 0.6) is 11.5 Å². The molecule has 4 heteroatoms. The summed E-state index contributed by atoms with van der Waals surface area (Å²) in [6, 6.07) is 4.65. The number of phenolic OH excluding ortho intramolecular Hbond substituents is 1. The van der Waals surface area contributed by atoms with Crippen LogP contribution in [0, 0.1) is 0 Å². The Balaban J connectivity index is 2.71. The molecule has 0 aliphatic carbocycles. The summed E-state index contributed by atoms with van der Waals surface area (Å²) in [7, 11) is 1.43. The van der Waals surface area contributed by atoms with Crippen LogP contribution in [0.2, 0.25) is 0 Å². The average Bonchev–Trinajstić information content (AvgIpc) is 2.31. The molecule has 0 heterocycles. The van der Waals surface area contributed by atoms with E-state index in [1.807, 2.05) is 0 Å². The number of rotatable bonds is 6.